The van der Waals surface area contributed by atoms with Crippen molar-refractivity contribution in [1.82, 2.24) is 0 Å². The molecule has 1 rings (SSSR count). The van der Waals surface area contributed by atoms with E-state index < -0.39 is 0 Å². The number of hydrogen-bond acceptors (Lipinski definition) is 2. The van der Waals surface area contributed by atoms with Crippen LogP contribution in [0.25, 0.3) is 0 Å². The van der Waals surface area contributed by atoms with Crippen LogP contribution in [0.1, 0.15) is 20.8 Å². The van der Waals surface area contributed by atoms with E-state index in [-0.39, 0.29) is 0 Å². The number of anilines is 1. The number of phenols is 1. The lowest BCUT2D eigenvalue weighted by molar-refractivity contribution is 0.475. The number of benzene rings is 1. The van der Waals surface area contributed by atoms with Crippen LogP contribution < -0.4 is 4.90 Å². The third-order valence-corrected chi connectivity index (χ3v) is 2.16. The van der Waals surface area contributed by atoms with E-state index >= 15 is 0 Å². The van der Waals surface area contributed by atoms with Gasteiger partial charge in [0.05, 0.1) is 0 Å². The molecule has 78 valence electrons. The molecular formula is C12H19NO. The van der Waals surface area contributed by atoms with Gasteiger partial charge in [0.1, 0.15) is 5.75 Å². The molecule has 0 bridgehead atoms. The van der Waals surface area contributed by atoms with Crippen molar-refractivity contribution >= 4 is 5.69 Å². The van der Waals surface area contributed by atoms with Crippen LogP contribution in [0, 0.1) is 5.92 Å². The third kappa shape index (κ3) is 2.95. The Hall–Kier alpha value is -1.18. The summed E-state index contributed by atoms with van der Waals surface area (Å²) >= 11 is 0. The second-order valence-electron chi connectivity index (χ2n) is 3.95. The van der Waals surface area contributed by atoms with Crippen molar-refractivity contribution in [2.75, 3.05) is 18.0 Å². The first-order valence-electron chi connectivity index (χ1n) is 5.17. The van der Waals surface area contributed by atoms with Gasteiger partial charge in [0, 0.05) is 24.8 Å². The Balaban J connectivity index is 2.78. The minimum Gasteiger partial charge on any atom is -0.508 e. The van der Waals surface area contributed by atoms with Gasteiger partial charge < -0.3 is 10.0 Å². The van der Waals surface area contributed by atoms with Gasteiger partial charge in [-0.25, -0.2) is 0 Å². The van der Waals surface area contributed by atoms with Crippen LogP contribution in [-0.4, -0.2) is 18.2 Å². The SMILES string of the molecule is CCN(CC(C)C)c1cccc(O)c1. The fourth-order valence-electron chi connectivity index (χ4n) is 1.55. The van der Waals surface area contributed by atoms with Gasteiger partial charge in [-0.3, -0.25) is 0 Å². The molecule has 0 atom stereocenters. The van der Waals surface area contributed by atoms with Gasteiger partial charge in [-0.2, -0.15) is 0 Å². The van der Waals surface area contributed by atoms with Gasteiger partial charge in [-0.1, -0.05) is 19.9 Å². The maximum Gasteiger partial charge on any atom is 0.117 e. The monoisotopic (exact) mass is 193 g/mol. The van der Waals surface area contributed by atoms with Crippen molar-refractivity contribution in [2.45, 2.75) is 20.8 Å². The molecule has 0 amide bonds. The number of aromatic hydroxyl groups is 1. The van der Waals surface area contributed by atoms with Crippen LogP contribution >= 0.6 is 0 Å². The van der Waals surface area contributed by atoms with Crippen molar-refractivity contribution in [3.05, 3.63) is 24.3 Å². The summed E-state index contributed by atoms with van der Waals surface area (Å²) in [4.78, 5) is 2.27. The molecular weight excluding hydrogens is 174 g/mol. The molecule has 0 unspecified atom stereocenters. The van der Waals surface area contributed by atoms with Crippen LogP contribution in [-0.2, 0) is 0 Å². The first kappa shape index (κ1) is 10.9. The van der Waals surface area contributed by atoms with Crippen LogP contribution in [0.2, 0.25) is 0 Å². The molecule has 0 radical (unpaired) electrons. The van der Waals surface area contributed by atoms with Gasteiger partial charge in [0.25, 0.3) is 0 Å². The zero-order chi connectivity index (χ0) is 10.6. The molecule has 0 spiro atoms. The maximum atomic E-state index is 9.36. The van der Waals surface area contributed by atoms with E-state index in [9.17, 15) is 5.11 Å². The predicted octanol–water partition coefficient (Wildman–Crippen LogP) is 2.87. The molecule has 0 saturated heterocycles. The lowest BCUT2D eigenvalue weighted by atomic mass is 10.2. The molecule has 2 nitrogen and oxygen atoms in total. The zero-order valence-corrected chi connectivity index (χ0v) is 9.20. The summed E-state index contributed by atoms with van der Waals surface area (Å²) in [5.41, 5.74) is 1.10. The molecule has 0 aliphatic carbocycles. The molecule has 2 heteroatoms. The summed E-state index contributed by atoms with van der Waals surface area (Å²) in [5, 5.41) is 9.36. The molecule has 0 aliphatic heterocycles. The topological polar surface area (TPSA) is 23.5 Å². The number of hydrogen-bond donors (Lipinski definition) is 1. The predicted molar refractivity (Wildman–Crippen MR) is 60.8 cm³/mol. The summed E-state index contributed by atoms with van der Waals surface area (Å²) < 4.78 is 0. The van der Waals surface area contributed by atoms with Crippen LogP contribution in [0.5, 0.6) is 5.75 Å². The standard InChI is InChI=1S/C12H19NO/c1-4-13(9-10(2)3)11-6-5-7-12(14)8-11/h5-8,10,14H,4,9H2,1-3H3. The highest BCUT2D eigenvalue weighted by Gasteiger charge is 2.06. The Labute approximate surface area is 86.2 Å². The molecule has 0 fully saturated rings. The van der Waals surface area contributed by atoms with E-state index in [0.29, 0.717) is 11.7 Å². The Morgan fingerprint density at radius 2 is 2.07 bits per heavy atom. The van der Waals surface area contributed by atoms with Gasteiger partial charge in [-0.05, 0) is 25.0 Å². The highest BCUT2D eigenvalue weighted by Crippen LogP contribution is 2.20. The molecule has 1 aromatic carbocycles. The second kappa shape index (κ2) is 4.89. The van der Waals surface area contributed by atoms with E-state index in [1.807, 2.05) is 18.2 Å². The minimum absolute atomic E-state index is 0.338. The van der Waals surface area contributed by atoms with Crippen molar-refractivity contribution in [2.24, 2.45) is 5.92 Å². The van der Waals surface area contributed by atoms with Gasteiger partial charge in [-0.15, -0.1) is 0 Å². The van der Waals surface area contributed by atoms with Crippen molar-refractivity contribution in [3.8, 4) is 5.75 Å². The fourth-order valence-corrected chi connectivity index (χ4v) is 1.55. The molecule has 0 aliphatic rings. The Morgan fingerprint density at radius 1 is 1.36 bits per heavy atom. The lowest BCUT2D eigenvalue weighted by Gasteiger charge is -2.25. The molecule has 0 heterocycles. The smallest absolute Gasteiger partial charge is 0.117 e. The second-order valence-corrected chi connectivity index (χ2v) is 3.95. The highest BCUT2D eigenvalue weighted by atomic mass is 16.3. The summed E-state index contributed by atoms with van der Waals surface area (Å²) in [7, 11) is 0. The van der Waals surface area contributed by atoms with Crippen molar-refractivity contribution in [1.29, 1.82) is 0 Å². The first-order chi connectivity index (χ1) is 6.63. The maximum absolute atomic E-state index is 9.36. The largest absolute Gasteiger partial charge is 0.508 e. The average Bonchev–Trinajstić information content (AvgIpc) is 2.14. The minimum atomic E-state index is 0.338. The lowest BCUT2D eigenvalue weighted by Crippen LogP contribution is -2.26. The fraction of sp³-hybridized carbons (Fsp3) is 0.500. The zero-order valence-electron chi connectivity index (χ0n) is 9.20. The molecule has 0 saturated carbocycles. The number of phenolic OH excluding ortho intramolecular Hbond substituents is 1. The number of rotatable bonds is 4. The molecule has 1 aromatic rings. The molecule has 1 N–H and O–H groups in total. The average molecular weight is 193 g/mol. The van der Waals surface area contributed by atoms with Crippen LogP contribution in [0.15, 0.2) is 24.3 Å². The van der Waals surface area contributed by atoms with E-state index in [1.165, 1.54) is 0 Å². The number of nitrogens with zero attached hydrogens (tertiary/aromatic N) is 1. The van der Waals surface area contributed by atoms with Crippen molar-refractivity contribution < 1.29 is 5.11 Å². The normalized spacial score (nSPS) is 10.6. The Kier molecular flexibility index (Phi) is 3.81. The summed E-state index contributed by atoms with van der Waals surface area (Å²) in [6.45, 7) is 8.53. The van der Waals surface area contributed by atoms with Gasteiger partial charge in [0.2, 0.25) is 0 Å². The van der Waals surface area contributed by atoms with E-state index in [2.05, 4.69) is 25.7 Å². The Bertz CT molecular complexity index is 283. The summed E-state index contributed by atoms with van der Waals surface area (Å²) in [6.07, 6.45) is 0. The van der Waals surface area contributed by atoms with E-state index in [0.717, 1.165) is 18.8 Å². The van der Waals surface area contributed by atoms with Gasteiger partial charge >= 0.3 is 0 Å². The Morgan fingerprint density at radius 3 is 2.57 bits per heavy atom. The van der Waals surface area contributed by atoms with Crippen LogP contribution in [0.4, 0.5) is 5.69 Å². The van der Waals surface area contributed by atoms with E-state index in [1.54, 1.807) is 6.07 Å². The van der Waals surface area contributed by atoms with E-state index in [4.69, 9.17) is 0 Å². The molecule has 14 heavy (non-hydrogen) atoms. The first-order valence-corrected chi connectivity index (χ1v) is 5.17. The summed E-state index contributed by atoms with van der Waals surface area (Å²) in [6, 6.07) is 7.43. The highest BCUT2D eigenvalue weighted by molar-refractivity contribution is 5.50. The van der Waals surface area contributed by atoms with Crippen molar-refractivity contribution in [3.63, 3.8) is 0 Å². The van der Waals surface area contributed by atoms with Crippen LogP contribution in [0.3, 0.4) is 0 Å². The molecule has 0 aromatic heterocycles. The van der Waals surface area contributed by atoms with Gasteiger partial charge in [0.15, 0.2) is 0 Å². The quantitative estimate of drug-likeness (QED) is 0.794. The summed E-state index contributed by atoms with van der Waals surface area (Å²) in [5.74, 6) is 0.974. The third-order valence-electron chi connectivity index (χ3n) is 2.16.